The van der Waals surface area contributed by atoms with E-state index in [0.717, 1.165) is 0 Å². The van der Waals surface area contributed by atoms with Crippen LogP contribution in [-0.4, -0.2) is 33.8 Å². The number of benzene rings is 1. The van der Waals surface area contributed by atoms with Crippen LogP contribution in [0, 0.1) is 5.82 Å². The normalized spacial score (nSPS) is 18.2. The fourth-order valence-corrected chi connectivity index (χ4v) is 3.08. The Morgan fingerprint density at radius 2 is 2.08 bits per heavy atom. The molecule has 1 aliphatic heterocycles. The summed E-state index contributed by atoms with van der Waals surface area (Å²) in [5.74, 6) is -0.272. The number of aromatic nitrogens is 1. The van der Waals surface area contributed by atoms with Gasteiger partial charge in [-0.15, -0.1) is 0 Å². The van der Waals surface area contributed by atoms with Crippen molar-refractivity contribution in [3.8, 4) is 0 Å². The van der Waals surface area contributed by atoms with Gasteiger partial charge in [0.25, 0.3) is 0 Å². The van der Waals surface area contributed by atoms with Gasteiger partial charge in [-0.1, -0.05) is 30.0 Å². The molecular formula is C17H15FN4O2S. The third-order valence-corrected chi connectivity index (χ3v) is 4.49. The van der Waals surface area contributed by atoms with Crippen molar-refractivity contribution in [2.75, 3.05) is 6.54 Å². The molecule has 2 N–H and O–H groups in total. The van der Waals surface area contributed by atoms with Gasteiger partial charge in [0.1, 0.15) is 11.1 Å². The fraction of sp³-hybridized carbons (Fsp3) is 0.176. The molecule has 8 heteroatoms. The molecule has 3 rings (SSSR count). The summed E-state index contributed by atoms with van der Waals surface area (Å²) in [7, 11) is 0. The average molecular weight is 358 g/mol. The molecular weight excluding hydrogens is 343 g/mol. The van der Waals surface area contributed by atoms with E-state index in [0.29, 0.717) is 16.5 Å². The van der Waals surface area contributed by atoms with Crippen molar-refractivity contribution in [3.63, 3.8) is 0 Å². The molecule has 2 amide bonds. The predicted molar refractivity (Wildman–Crippen MR) is 94.0 cm³/mol. The van der Waals surface area contributed by atoms with Gasteiger partial charge >= 0.3 is 0 Å². The smallest absolute Gasteiger partial charge is 0.241 e. The number of amidine groups is 1. The molecule has 0 spiro atoms. The molecule has 128 valence electrons. The third-order valence-electron chi connectivity index (χ3n) is 3.40. The molecule has 2 aromatic rings. The summed E-state index contributed by atoms with van der Waals surface area (Å²) in [4.78, 5) is 32.2. The second kappa shape index (κ2) is 7.89. The first-order valence-corrected chi connectivity index (χ1v) is 8.46. The van der Waals surface area contributed by atoms with Crippen LogP contribution in [0.15, 0.2) is 53.7 Å². The summed E-state index contributed by atoms with van der Waals surface area (Å²) in [5, 5.41) is 5.41. The van der Waals surface area contributed by atoms with Crippen molar-refractivity contribution < 1.29 is 14.0 Å². The van der Waals surface area contributed by atoms with E-state index in [1.807, 2.05) is 0 Å². The van der Waals surface area contributed by atoms with E-state index < -0.39 is 5.25 Å². The van der Waals surface area contributed by atoms with Gasteiger partial charge in [-0.2, -0.15) is 0 Å². The van der Waals surface area contributed by atoms with E-state index in [9.17, 15) is 14.0 Å². The molecule has 0 radical (unpaired) electrons. The maximum Gasteiger partial charge on any atom is 0.241 e. The topological polar surface area (TPSA) is 83.4 Å². The predicted octanol–water partition coefficient (Wildman–Crippen LogP) is 1.80. The number of rotatable bonds is 5. The van der Waals surface area contributed by atoms with E-state index in [-0.39, 0.29) is 30.6 Å². The number of carbonyl (C=O) groups excluding carboxylic acids is 2. The van der Waals surface area contributed by atoms with Crippen LogP contribution in [0.5, 0.6) is 0 Å². The molecule has 0 saturated carbocycles. The zero-order valence-electron chi connectivity index (χ0n) is 13.1. The van der Waals surface area contributed by atoms with Crippen molar-refractivity contribution in [2.24, 2.45) is 4.99 Å². The molecule has 1 aromatic carbocycles. The highest BCUT2D eigenvalue weighted by atomic mass is 32.2. The minimum atomic E-state index is -0.445. The van der Waals surface area contributed by atoms with Gasteiger partial charge in [-0.05, 0) is 29.8 Å². The lowest BCUT2D eigenvalue weighted by molar-refractivity contribution is -0.121. The summed E-state index contributed by atoms with van der Waals surface area (Å²) in [6, 6.07) is 11.1. The largest absolute Gasteiger partial charge is 0.354 e. The van der Waals surface area contributed by atoms with Gasteiger partial charge in [0.05, 0.1) is 6.42 Å². The quantitative estimate of drug-likeness (QED) is 0.854. The molecule has 1 unspecified atom stereocenters. The lowest BCUT2D eigenvalue weighted by atomic mass is 10.1. The van der Waals surface area contributed by atoms with Crippen molar-refractivity contribution in [2.45, 2.75) is 11.7 Å². The Balaban J connectivity index is 1.51. The van der Waals surface area contributed by atoms with Gasteiger partial charge in [0.2, 0.25) is 11.8 Å². The number of carbonyl (C=O) groups is 2. The van der Waals surface area contributed by atoms with Gasteiger partial charge in [0.15, 0.2) is 11.0 Å². The van der Waals surface area contributed by atoms with Gasteiger partial charge < -0.3 is 10.6 Å². The number of nitrogens with zero attached hydrogens (tertiary/aromatic N) is 2. The zero-order valence-corrected chi connectivity index (χ0v) is 13.9. The third kappa shape index (κ3) is 4.87. The Morgan fingerprint density at radius 3 is 2.80 bits per heavy atom. The number of hydrogen-bond donors (Lipinski definition) is 2. The Kier molecular flexibility index (Phi) is 5.39. The number of aliphatic imine (C=N–C) groups is 1. The van der Waals surface area contributed by atoms with E-state index in [4.69, 9.17) is 0 Å². The summed E-state index contributed by atoms with van der Waals surface area (Å²) in [5.41, 5.74) is 0.708. The molecule has 1 atom stereocenters. The molecule has 0 bridgehead atoms. The second-order valence-electron chi connectivity index (χ2n) is 5.31. The van der Waals surface area contributed by atoms with Crippen LogP contribution in [0.1, 0.15) is 5.56 Å². The zero-order chi connectivity index (χ0) is 17.6. The van der Waals surface area contributed by atoms with E-state index in [1.54, 1.807) is 36.5 Å². The van der Waals surface area contributed by atoms with E-state index >= 15 is 0 Å². The van der Waals surface area contributed by atoms with Crippen molar-refractivity contribution in [3.05, 3.63) is 60.0 Å². The summed E-state index contributed by atoms with van der Waals surface area (Å²) < 4.78 is 12.8. The Morgan fingerprint density at radius 1 is 1.28 bits per heavy atom. The Labute approximate surface area is 147 Å². The van der Waals surface area contributed by atoms with Crippen LogP contribution in [0.4, 0.5) is 10.2 Å². The summed E-state index contributed by atoms with van der Waals surface area (Å²) >= 11 is 1.25. The van der Waals surface area contributed by atoms with E-state index in [1.165, 1.54) is 23.9 Å². The molecule has 2 heterocycles. The summed E-state index contributed by atoms with van der Waals surface area (Å²) in [6.07, 6.45) is 1.75. The first kappa shape index (κ1) is 17.1. The molecule has 25 heavy (non-hydrogen) atoms. The number of hydrogen-bond acceptors (Lipinski definition) is 5. The van der Waals surface area contributed by atoms with Crippen LogP contribution < -0.4 is 10.6 Å². The Hall–Kier alpha value is -2.74. The van der Waals surface area contributed by atoms with Crippen molar-refractivity contribution in [1.29, 1.82) is 0 Å². The molecule has 1 aliphatic rings. The van der Waals surface area contributed by atoms with Gasteiger partial charge in [0, 0.05) is 12.7 Å². The van der Waals surface area contributed by atoms with Gasteiger partial charge in [-0.25, -0.2) is 14.4 Å². The van der Waals surface area contributed by atoms with Crippen LogP contribution in [-0.2, 0) is 16.0 Å². The van der Waals surface area contributed by atoms with Crippen LogP contribution in [0.25, 0.3) is 0 Å². The standard InChI is InChI=1S/C17H15FN4O2S/c18-12-6-4-11(5-7-12)9-15(23)20-10-13-16(24)22-17(25-13)21-14-3-1-2-8-19-14/h1-8,13H,9-10H2,(H,20,23)(H,19,21,22,24). The maximum absolute atomic E-state index is 12.8. The monoisotopic (exact) mass is 358 g/mol. The number of pyridine rings is 1. The summed E-state index contributed by atoms with van der Waals surface area (Å²) in [6.45, 7) is 0.192. The molecule has 0 aliphatic carbocycles. The molecule has 1 fully saturated rings. The molecule has 1 saturated heterocycles. The molecule has 6 nitrogen and oxygen atoms in total. The first-order valence-electron chi connectivity index (χ1n) is 7.58. The SMILES string of the molecule is O=C(Cc1ccc(F)cc1)NCC1S/C(=N/c2ccccn2)NC1=O. The second-order valence-corrected chi connectivity index (χ2v) is 6.50. The number of amides is 2. The lowest BCUT2D eigenvalue weighted by Crippen LogP contribution is -2.36. The number of nitrogens with one attached hydrogen (secondary N) is 2. The number of halogens is 1. The first-order chi connectivity index (χ1) is 12.1. The minimum Gasteiger partial charge on any atom is -0.354 e. The lowest BCUT2D eigenvalue weighted by Gasteiger charge is -2.08. The maximum atomic E-state index is 12.8. The van der Waals surface area contributed by atoms with Crippen LogP contribution >= 0.6 is 11.8 Å². The highest BCUT2D eigenvalue weighted by Crippen LogP contribution is 2.21. The Bertz CT molecular complexity index is 796. The molecule has 1 aromatic heterocycles. The highest BCUT2D eigenvalue weighted by molar-refractivity contribution is 8.15. The van der Waals surface area contributed by atoms with Crippen molar-refractivity contribution in [1.82, 2.24) is 15.6 Å². The van der Waals surface area contributed by atoms with Crippen molar-refractivity contribution >= 4 is 34.6 Å². The average Bonchev–Trinajstić information content (AvgIpc) is 2.95. The highest BCUT2D eigenvalue weighted by Gasteiger charge is 2.30. The van der Waals surface area contributed by atoms with Gasteiger partial charge in [-0.3, -0.25) is 9.59 Å². The number of thioether (sulfide) groups is 1. The van der Waals surface area contributed by atoms with E-state index in [2.05, 4.69) is 20.6 Å². The van der Waals surface area contributed by atoms with Crippen LogP contribution in [0.2, 0.25) is 0 Å². The fourth-order valence-electron chi connectivity index (χ4n) is 2.17. The minimum absolute atomic E-state index is 0.133. The van der Waals surface area contributed by atoms with Crippen LogP contribution in [0.3, 0.4) is 0 Å².